The van der Waals surface area contributed by atoms with Crippen molar-refractivity contribution in [2.45, 2.75) is 23.5 Å². The minimum atomic E-state index is -0.861. The van der Waals surface area contributed by atoms with Crippen LogP contribution >= 0.6 is 11.8 Å². The van der Waals surface area contributed by atoms with Crippen LogP contribution in [0.1, 0.15) is 11.1 Å². The van der Waals surface area contributed by atoms with E-state index in [0.717, 1.165) is 16.0 Å². The maximum absolute atomic E-state index is 12.8. The van der Waals surface area contributed by atoms with E-state index in [1.54, 1.807) is 12.1 Å². The Morgan fingerprint density at radius 2 is 1.75 bits per heavy atom. The molecule has 0 fully saturated rings. The molecule has 0 aliphatic carbocycles. The van der Waals surface area contributed by atoms with Gasteiger partial charge in [0, 0.05) is 4.90 Å². The highest BCUT2D eigenvalue weighted by Crippen LogP contribution is 2.26. The van der Waals surface area contributed by atoms with Gasteiger partial charge in [-0.15, -0.1) is 11.8 Å². The zero-order chi connectivity index (χ0) is 14.5. The first-order valence-electron chi connectivity index (χ1n) is 6.25. The lowest BCUT2D eigenvalue weighted by molar-refractivity contribution is -0.136. The van der Waals surface area contributed by atoms with Crippen molar-refractivity contribution in [1.82, 2.24) is 0 Å². The maximum Gasteiger partial charge on any atom is 0.317 e. The fourth-order valence-corrected chi connectivity index (χ4v) is 2.79. The van der Waals surface area contributed by atoms with E-state index >= 15 is 0 Å². The zero-order valence-corrected chi connectivity index (χ0v) is 11.9. The molecule has 0 saturated heterocycles. The fraction of sp³-hybridized carbons (Fsp3) is 0.188. The summed E-state index contributed by atoms with van der Waals surface area (Å²) in [5.74, 6) is -1.17. The van der Waals surface area contributed by atoms with E-state index in [-0.39, 0.29) is 5.82 Å². The van der Waals surface area contributed by atoms with E-state index in [0.29, 0.717) is 6.42 Å². The number of hydrogen-bond acceptors (Lipinski definition) is 2. The smallest absolute Gasteiger partial charge is 0.317 e. The molecule has 0 aliphatic heterocycles. The third-order valence-electron chi connectivity index (χ3n) is 2.91. The third-order valence-corrected chi connectivity index (χ3v) is 4.11. The topological polar surface area (TPSA) is 37.3 Å². The Labute approximate surface area is 121 Å². The van der Waals surface area contributed by atoms with Crippen LogP contribution < -0.4 is 0 Å². The average Bonchev–Trinajstić information content (AvgIpc) is 2.42. The standard InChI is InChI=1S/C16H15FO2S/c1-11-2-8-14(9-3-11)20-15(16(18)19)10-12-4-6-13(17)7-5-12/h2-9,15H,10H2,1H3,(H,18,19)/t15-/m0/s1. The summed E-state index contributed by atoms with van der Waals surface area (Å²) in [4.78, 5) is 12.3. The number of halogens is 1. The number of rotatable bonds is 5. The molecule has 0 bridgehead atoms. The van der Waals surface area contributed by atoms with E-state index < -0.39 is 11.2 Å². The minimum Gasteiger partial charge on any atom is -0.480 e. The van der Waals surface area contributed by atoms with E-state index in [1.165, 1.54) is 23.9 Å². The second-order valence-electron chi connectivity index (χ2n) is 4.59. The van der Waals surface area contributed by atoms with E-state index in [1.807, 2.05) is 31.2 Å². The highest BCUT2D eigenvalue weighted by molar-refractivity contribution is 8.00. The van der Waals surface area contributed by atoms with Gasteiger partial charge < -0.3 is 5.11 Å². The van der Waals surface area contributed by atoms with E-state index in [4.69, 9.17) is 0 Å². The van der Waals surface area contributed by atoms with Crippen LogP contribution in [0, 0.1) is 12.7 Å². The van der Waals surface area contributed by atoms with E-state index in [9.17, 15) is 14.3 Å². The highest BCUT2D eigenvalue weighted by Gasteiger charge is 2.19. The van der Waals surface area contributed by atoms with Gasteiger partial charge in [-0.2, -0.15) is 0 Å². The van der Waals surface area contributed by atoms with Gasteiger partial charge in [-0.25, -0.2) is 4.39 Å². The Morgan fingerprint density at radius 1 is 1.15 bits per heavy atom. The predicted molar refractivity (Wildman–Crippen MR) is 78.6 cm³/mol. The number of aryl methyl sites for hydroxylation is 1. The van der Waals surface area contributed by atoms with Gasteiger partial charge in [-0.05, 0) is 43.2 Å². The largest absolute Gasteiger partial charge is 0.480 e. The second kappa shape index (κ2) is 6.57. The molecule has 4 heteroatoms. The molecule has 0 heterocycles. The van der Waals surface area contributed by atoms with Gasteiger partial charge in [0.1, 0.15) is 11.1 Å². The van der Waals surface area contributed by atoms with Crippen LogP contribution in [0.25, 0.3) is 0 Å². The van der Waals surface area contributed by atoms with Crippen LogP contribution in [0.3, 0.4) is 0 Å². The van der Waals surface area contributed by atoms with Gasteiger partial charge in [0.2, 0.25) is 0 Å². The van der Waals surface area contributed by atoms with Crippen molar-refractivity contribution in [3.05, 3.63) is 65.5 Å². The highest BCUT2D eigenvalue weighted by atomic mass is 32.2. The molecule has 2 aromatic rings. The van der Waals surface area contributed by atoms with Gasteiger partial charge in [-0.3, -0.25) is 4.79 Å². The molecule has 1 atom stereocenters. The van der Waals surface area contributed by atoms with Gasteiger partial charge >= 0.3 is 5.97 Å². The van der Waals surface area contributed by atoms with Crippen molar-refractivity contribution < 1.29 is 14.3 Å². The Morgan fingerprint density at radius 3 is 2.30 bits per heavy atom. The van der Waals surface area contributed by atoms with Gasteiger partial charge in [0.05, 0.1) is 0 Å². The summed E-state index contributed by atoms with van der Waals surface area (Å²) in [6.07, 6.45) is 0.369. The number of carboxylic acid groups (broad SMARTS) is 1. The molecular formula is C16H15FO2S. The van der Waals surface area contributed by atoms with Crippen molar-refractivity contribution in [3.8, 4) is 0 Å². The summed E-state index contributed by atoms with van der Waals surface area (Å²) in [6.45, 7) is 1.99. The molecule has 0 radical (unpaired) electrons. The Bertz CT molecular complexity index is 531. The van der Waals surface area contributed by atoms with Crippen LogP contribution in [-0.4, -0.2) is 16.3 Å². The minimum absolute atomic E-state index is 0.313. The Kier molecular flexibility index (Phi) is 4.79. The van der Waals surface area contributed by atoms with E-state index in [2.05, 4.69) is 0 Å². The lowest BCUT2D eigenvalue weighted by atomic mass is 10.1. The Balaban J connectivity index is 2.09. The summed E-state index contributed by atoms with van der Waals surface area (Å²) in [6, 6.07) is 13.7. The molecule has 1 N–H and O–H groups in total. The number of aliphatic carboxylic acids is 1. The first kappa shape index (κ1) is 14.6. The predicted octanol–water partition coefficient (Wildman–Crippen LogP) is 3.92. The molecule has 0 unspecified atom stereocenters. The number of carboxylic acids is 1. The van der Waals surface area contributed by atoms with Gasteiger partial charge in [-0.1, -0.05) is 29.8 Å². The van der Waals surface area contributed by atoms with Crippen LogP contribution in [0.4, 0.5) is 4.39 Å². The first-order valence-corrected chi connectivity index (χ1v) is 7.13. The summed E-state index contributed by atoms with van der Waals surface area (Å²) in [5, 5.41) is 8.73. The average molecular weight is 290 g/mol. The Hall–Kier alpha value is -1.81. The molecule has 0 aromatic heterocycles. The molecule has 20 heavy (non-hydrogen) atoms. The molecule has 2 rings (SSSR count). The van der Waals surface area contributed by atoms with Crippen LogP contribution in [0.15, 0.2) is 53.4 Å². The summed E-state index contributed by atoms with van der Waals surface area (Å²) in [5.41, 5.74) is 1.96. The molecule has 0 spiro atoms. The SMILES string of the molecule is Cc1ccc(S[C@@H](Cc2ccc(F)cc2)C(=O)O)cc1. The summed E-state index contributed by atoms with van der Waals surface area (Å²) < 4.78 is 12.8. The third kappa shape index (κ3) is 4.10. The van der Waals surface area contributed by atoms with Gasteiger partial charge in [0.25, 0.3) is 0 Å². The van der Waals surface area contributed by atoms with Crippen molar-refractivity contribution in [1.29, 1.82) is 0 Å². The normalized spacial score (nSPS) is 12.1. The van der Waals surface area contributed by atoms with Gasteiger partial charge in [0.15, 0.2) is 0 Å². The number of carbonyl (C=O) groups is 1. The monoisotopic (exact) mass is 290 g/mol. The lowest BCUT2D eigenvalue weighted by Crippen LogP contribution is -2.19. The van der Waals surface area contributed by atoms with Crippen molar-refractivity contribution in [2.24, 2.45) is 0 Å². The molecule has 0 saturated carbocycles. The zero-order valence-electron chi connectivity index (χ0n) is 11.0. The lowest BCUT2D eigenvalue weighted by Gasteiger charge is -2.12. The molecule has 0 amide bonds. The van der Waals surface area contributed by atoms with Crippen molar-refractivity contribution in [3.63, 3.8) is 0 Å². The first-order chi connectivity index (χ1) is 9.54. The maximum atomic E-state index is 12.8. The number of hydrogen-bond donors (Lipinski definition) is 1. The molecule has 2 nitrogen and oxygen atoms in total. The fourth-order valence-electron chi connectivity index (χ4n) is 1.80. The van der Waals surface area contributed by atoms with Crippen molar-refractivity contribution in [2.75, 3.05) is 0 Å². The van der Waals surface area contributed by atoms with Crippen LogP contribution in [0.5, 0.6) is 0 Å². The molecule has 2 aromatic carbocycles. The second-order valence-corrected chi connectivity index (χ2v) is 5.86. The quantitative estimate of drug-likeness (QED) is 0.848. The molecule has 104 valence electrons. The number of thioether (sulfide) groups is 1. The van der Waals surface area contributed by atoms with Crippen molar-refractivity contribution >= 4 is 17.7 Å². The van der Waals surface area contributed by atoms with Crippen LogP contribution in [0.2, 0.25) is 0 Å². The summed E-state index contributed by atoms with van der Waals surface area (Å²) in [7, 11) is 0. The number of benzene rings is 2. The summed E-state index contributed by atoms with van der Waals surface area (Å²) >= 11 is 1.31. The van der Waals surface area contributed by atoms with Crippen LogP contribution in [-0.2, 0) is 11.2 Å². The molecular weight excluding hydrogens is 275 g/mol. The molecule has 0 aliphatic rings.